The van der Waals surface area contributed by atoms with Crippen LogP contribution < -0.4 is 35.5 Å². The molecule has 4 amide bonds. The maximum Gasteiger partial charge on any atom is 0.260 e. The molecule has 8 aromatic heterocycles. The van der Waals surface area contributed by atoms with Crippen molar-refractivity contribution < 1.29 is 57.5 Å². The van der Waals surface area contributed by atoms with E-state index in [0.717, 1.165) is 89.7 Å². The van der Waals surface area contributed by atoms with Crippen molar-refractivity contribution in [3.05, 3.63) is 227 Å². The van der Waals surface area contributed by atoms with Crippen molar-refractivity contribution in [1.29, 1.82) is 0 Å². The first-order chi connectivity index (χ1) is 63.0. The predicted octanol–water partition coefficient (Wildman–Crippen LogP) is 18.6. The number of benzene rings is 3. The van der Waals surface area contributed by atoms with Crippen molar-refractivity contribution in [2.24, 2.45) is 0 Å². The van der Waals surface area contributed by atoms with Crippen LogP contribution in [0.3, 0.4) is 0 Å². The van der Waals surface area contributed by atoms with Crippen LogP contribution in [-0.2, 0) is 50.8 Å². The van der Waals surface area contributed by atoms with E-state index < -0.39 is 24.0 Å². The van der Waals surface area contributed by atoms with E-state index in [2.05, 4.69) is 145 Å². The first kappa shape index (κ1) is 98.0. The normalized spacial score (nSPS) is 14.5. The van der Waals surface area contributed by atoms with E-state index in [9.17, 15) is 29.1 Å². The molecule has 0 atom stereocenters. The summed E-state index contributed by atoms with van der Waals surface area (Å²) < 4.78 is 48.3. The number of ether oxygens (including phenoxy) is 6. The molecule has 3 aromatic carbocycles. The average Bonchev–Trinajstić information content (AvgIpc) is 0.891. The molecule has 4 aliphatic heterocycles. The van der Waals surface area contributed by atoms with Crippen molar-refractivity contribution in [1.82, 2.24) is 79.0 Å². The van der Waals surface area contributed by atoms with Crippen LogP contribution in [0, 0.1) is 0 Å². The number of alkyl halides is 1. The molecule has 684 valence electrons. The molecule has 130 heavy (non-hydrogen) atoms. The summed E-state index contributed by atoms with van der Waals surface area (Å²) in [5, 5.41) is 54.7. The minimum absolute atomic E-state index is 0.0827. The summed E-state index contributed by atoms with van der Waals surface area (Å²) in [6.07, 6.45) is 23.3. The summed E-state index contributed by atoms with van der Waals surface area (Å²) in [6, 6.07) is 36.8. The zero-order chi connectivity index (χ0) is 92.4. The van der Waals surface area contributed by atoms with Crippen LogP contribution in [0.2, 0.25) is 13.3 Å². The predicted molar refractivity (Wildman–Crippen MR) is 507 cm³/mol. The van der Waals surface area contributed by atoms with Crippen molar-refractivity contribution in [2.45, 2.75) is 190 Å². The summed E-state index contributed by atoms with van der Waals surface area (Å²) in [5.74, 6) is 5.25. The molecular weight excluding hydrogens is 1820 g/mol. The van der Waals surface area contributed by atoms with Gasteiger partial charge in [-0.2, -0.15) is 0 Å². The Morgan fingerprint density at radius 3 is 1.18 bits per heavy atom. The van der Waals surface area contributed by atoms with E-state index in [-0.39, 0.29) is 35.0 Å². The summed E-state index contributed by atoms with van der Waals surface area (Å²) in [6.45, 7) is 34.1. The molecule has 34 heteroatoms. The average molecular weight is 1940 g/mol. The number of hydrogen-bond acceptors (Lipinski definition) is 24. The molecule has 8 bridgehead atoms. The molecule has 0 radical (unpaired) electrons. The Labute approximate surface area is 771 Å². The van der Waals surface area contributed by atoms with Gasteiger partial charge in [-0.3, -0.25) is 24.0 Å². The first-order valence-electron chi connectivity index (χ1n) is 44.5. The van der Waals surface area contributed by atoms with Crippen molar-refractivity contribution >= 4 is 92.7 Å². The number of nitrogens with zero attached hydrogens (tertiary/aromatic N) is 16. The molecule has 11 aromatic rings. The number of aromatic nitrogens is 16. The fraction of sp³-hybridized carbons (Fsp3) is 0.385. The number of halogens is 1. The molecule has 15 rings (SSSR count). The van der Waals surface area contributed by atoms with E-state index in [0.29, 0.717) is 164 Å². The second-order valence-electron chi connectivity index (χ2n) is 31.8. The van der Waals surface area contributed by atoms with Crippen molar-refractivity contribution in [2.75, 3.05) is 66.2 Å². The number of aliphatic hydroxyl groups is 1. The SMILES string of the molecule is C=C(OCC)c1ccc2c(c1)OCCCCn1cnnc1-c1cccc(n1)NC2=O.C=C1C(=O)Nc2cccc(n2)-c2nncn2CCCCO/C1=C/CBr.C=[C](OCC)[Sn]([CH2]CCC)([CH2]CCC)[CH2]CCC.CC(=O)c1ccc2c(c1)OCCCCn1cnnc1-c1cccc(n1)NC2=O.CC(C)(O)c1ccc2c(c1)OCCCCn1cnnc1-c1cccc(n1)NC2=O. The van der Waals surface area contributed by atoms with E-state index >= 15 is 0 Å². The number of anilines is 4. The number of allylic oxidation sites excluding steroid dienone is 1. The molecule has 0 aliphatic carbocycles. The van der Waals surface area contributed by atoms with E-state index in [1.807, 2.05) is 67.7 Å². The Morgan fingerprint density at radius 2 is 0.823 bits per heavy atom. The molecular formula is C96H117BrN20O12Sn. The van der Waals surface area contributed by atoms with Gasteiger partial charge in [-0.05, 0) is 176 Å². The largest absolute Gasteiger partial charge is 0.493 e. The summed E-state index contributed by atoms with van der Waals surface area (Å²) >= 11 is 1.09. The quantitative estimate of drug-likeness (QED) is 0.0175. The third-order valence-electron chi connectivity index (χ3n) is 21.7. The maximum absolute atomic E-state index is 13.0. The Hall–Kier alpha value is -12.6. The van der Waals surface area contributed by atoms with Crippen LogP contribution in [0.5, 0.6) is 17.2 Å². The van der Waals surface area contributed by atoms with Gasteiger partial charge in [0.1, 0.15) is 100 Å². The minimum atomic E-state index is -2.24. The van der Waals surface area contributed by atoms with Gasteiger partial charge < -0.3 is 68.3 Å². The van der Waals surface area contributed by atoms with Crippen LogP contribution in [0.25, 0.3) is 51.8 Å². The van der Waals surface area contributed by atoms with Crippen LogP contribution in [0.4, 0.5) is 23.3 Å². The number of unbranched alkanes of at least 4 members (excludes halogenated alkanes) is 3. The van der Waals surface area contributed by atoms with E-state index in [1.165, 1.54) is 62.5 Å². The number of aryl methyl sites for hydroxylation is 4. The number of hydrogen-bond donors (Lipinski definition) is 5. The van der Waals surface area contributed by atoms with Gasteiger partial charge in [0, 0.05) is 42.6 Å². The molecule has 0 unspecified atom stereocenters. The number of nitrogens with one attached hydrogen (secondary N) is 4. The van der Waals surface area contributed by atoms with Crippen LogP contribution in [0.1, 0.15) is 198 Å². The maximum atomic E-state index is 13.0. The van der Waals surface area contributed by atoms with Gasteiger partial charge in [0.25, 0.3) is 23.6 Å². The summed E-state index contributed by atoms with van der Waals surface area (Å²) in [4.78, 5) is 80.8. The van der Waals surface area contributed by atoms with Gasteiger partial charge in [0.05, 0.1) is 60.9 Å². The number of carbonyl (C=O) groups is 5. The fourth-order valence-corrected chi connectivity index (χ4v) is 29.6. The van der Waals surface area contributed by atoms with Gasteiger partial charge in [0.15, 0.2) is 29.1 Å². The molecule has 12 heterocycles. The van der Waals surface area contributed by atoms with Gasteiger partial charge in [-0.25, -0.2) is 19.9 Å². The van der Waals surface area contributed by atoms with Crippen LogP contribution >= 0.6 is 15.9 Å². The summed E-state index contributed by atoms with van der Waals surface area (Å²) in [7, 11) is 0. The zero-order valence-electron chi connectivity index (χ0n) is 75.4. The van der Waals surface area contributed by atoms with E-state index in [1.54, 1.807) is 130 Å². The number of pyridine rings is 4. The standard InChI is InChI=1S/C22H23N5O3.C21H23N5O3.C20H19N5O3.C17H18BrN5O2.C4H7O.3C4H9.Sn/c1-3-29-15(2)16-9-10-17-19(13-16)30-12-5-4-11-27-14-23-26-21(27)18-7-6-8-20(24-18)25-22(17)28;1-21(2,28)14-8-9-15-17(12-14)29-11-4-3-10-26-13-22-25-19(26)16-6-5-7-18(23-16)24-20(15)27;1-13(26)14-7-8-15-17(11-14)28-10-3-2-9-25-12-21-24-19(25)16-5-4-6-18(22-16)23-20(15)27;1-12-14(7-8-18)25-10-3-2-9-23-11-19-22-16(23)13-5-4-6-15(20-13)21-17(12)24;1-3-5-4-2;3*1-3-4-2;/h6-10,13-14H,2-5,11-12H2,1H3,(H,24,25,28);5-9,12-13,28H,3-4,10-11H2,1-2H3,(H,23,24,27);4-8,11-12H,2-3,9-10H2,1H3,(H,22,23,27);4-7,11H,1-3,8-10H2,(H,20,21,24);1,4H2,2H3;3*1,3-4H2,2H3;/b;;;14-7+;;;;;. The van der Waals surface area contributed by atoms with Gasteiger partial charge >= 0.3 is 120 Å². The second kappa shape index (κ2) is 49.2. The topological polar surface area (TPSA) is 383 Å². The van der Waals surface area contributed by atoms with Crippen molar-refractivity contribution in [3.8, 4) is 63.3 Å². The molecule has 32 nitrogen and oxygen atoms in total. The first-order valence-corrected chi connectivity index (χ1v) is 53.1. The van der Waals surface area contributed by atoms with Crippen LogP contribution in [0.15, 0.2) is 194 Å². The number of amides is 4. The number of Topliss-reactive ketones (excluding diaryl/α,β-unsaturated/α-hetero) is 1. The van der Waals surface area contributed by atoms with E-state index in [4.69, 9.17) is 28.4 Å². The Bertz CT molecular complexity index is 5700. The van der Waals surface area contributed by atoms with Crippen LogP contribution in [-0.4, -0.2) is 177 Å². The molecule has 0 saturated heterocycles. The minimum Gasteiger partial charge on any atom is -0.493 e. The molecule has 4 aliphatic rings. The Kier molecular flexibility index (Phi) is 37.1. The smallest absolute Gasteiger partial charge is 0.260 e. The Balaban J connectivity index is 0.000000159. The number of fused-ring (bicyclic) bond motifs is 19. The number of carbonyl (C=O) groups excluding carboxylic acids is 5. The zero-order valence-corrected chi connectivity index (χ0v) is 79.8. The number of ketones is 1. The number of rotatable bonds is 18. The van der Waals surface area contributed by atoms with Gasteiger partial charge in [-0.1, -0.05) is 71.6 Å². The monoisotopic (exact) mass is 1940 g/mol. The third-order valence-corrected chi connectivity index (χ3v) is 37.1. The Morgan fingerprint density at radius 1 is 0.477 bits per heavy atom. The molecule has 5 N–H and O–H groups in total. The fourth-order valence-electron chi connectivity index (χ4n) is 14.6. The molecule has 0 fully saturated rings. The molecule has 0 saturated carbocycles. The van der Waals surface area contributed by atoms with Gasteiger partial charge in [0.2, 0.25) is 0 Å². The van der Waals surface area contributed by atoms with Crippen molar-refractivity contribution in [3.63, 3.8) is 0 Å². The third kappa shape index (κ3) is 27.5. The summed E-state index contributed by atoms with van der Waals surface area (Å²) in [5.41, 5.74) is 4.97. The second-order valence-corrected chi connectivity index (χ2v) is 45.6. The molecule has 0 spiro atoms. The van der Waals surface area contributed by atoms with Gasteiger partial charge in [-0.15, -0.1) is 40.8 Å².